The first kappa shape index (κ1) is 29.9. The third-order valence-electron chi connectivity index (χ3n) is 10.2. The van der Waals surface area contributed by atoms with Crippen LogP contribution in [0.1, 0.15) is 61.3 Å². The summed E-state index contributed by atoms with van der Waals surface area (Å²) < 4.78 is 38.9. The average Bonchev–Trinajstić information content (AvgIpc) is 3.57. The third-order valence-corrected chi connectivity index (χ3v) is 10.2. The van der Waals surface area contributed by atoms with Gasteiger partial charge < -0.3 is 24.4 Å². The van der Waals surface area contributed by atoms with E-state index in [1.165, 1.54) is 12.8 Å². The molecule has 0 spiro atoms. The monoisotopic (exact) mass is 616 g/mol. The van der Waals surface area contributed by atoms with Crippen LogP contribution in [0.3, 0.4) is 0 Å². The number of anilines is 2. The number of rotatable bonds is 6. The number of hydrogen-bond acceptors (Lipinski definition) is 6. The lowest BCUT2D eigenvalue weighted by Gasteiger charge is -2.39. The van der Waals surface area contributed by atoms with Gasteiger partial charge in [-0.3, -0.25) is 9.48 Å². The summed E-state index contributed by atoms with van der Waals surface area (Å²) in [6.07, 6.45) is 7.20. The van der Waals surface area contributed by atoms with Crippen molar-refractivity contribution < 1.29 is 13.5 Å². The number of hydrogen-bond donors (Lipinski definition) is 1. The van der Waals surface area contributed by atoms with Crippen LogP contribution in [0.15, 0.2) is 47.5 Å². The van der Waals surface area contributed by atoms with Crippen LogP contribution >= 0.6 is 0 Å². The lowest BCUT2D eigenvalue weighted by Crippen LogP contribution is -2.46. The molecule has 2 saturated heterocycles. The summed E-state index contributed by atoms with van der Waals surface area (Å²) in [5, 5.41) is 9.04. The average molecular weight is 617 g/mol. The van der Waals surface area contributed by atoms with Crippen molar-refractivity contribution in [3.05, 3.63) is 69.8 Å². The van der Waals surface area contributed by atoms with Gasteiger partial charge in [0, 0.05) is 78.8 Å². The zero-order valence-electron chi connectivity index (χ0n) is 26.4. The quantitative estimate of drug-likeness (QED) is 0.281. The maximum absolute atomic E-state index is 14.8. The van der Waals surface area contributed by atoms with Crippen molar-refractivity contribution in [3.63, 3.8) is 0 Å². The number of benzene rings is 2. The van der Waals surface area contributed by atoms with Crippen molar-refractivity contribution in [2.45, 2.75) is 64.0 Å². The molecule has 3 aliphatic rings. The molecule has 8 nitrogen and oxygen atoms in total. The molecule has 0 saturated carbocycles. The number of likely N-dealkylation sites (tertiary alicyclic amines) is 1. The van der Waals surface area contributed by atoms with Crippen LogP contribution < -0.4 is 20.5 Å². The summed E-state index contributed by atoms with van der Waals surface area (Å²) in [4.78, 5) is 17.5. The molecule has 7 rings (SSSR count). The van der Waals surface area contributed by atoms with Crippen molar-refractivity contribution in [2.24, 2.45) is 7.05 Å². The molecule has 2 fully saturated rings. The molecule has 4 aromatic rings. The lowest BCUT2D eigenvalue weighted by molar-refractivity contribution is 0.110. The van der Waals surface area contributed by atoms with Crippen molar-refractivity contribution >= 4 is 22.3 Å². The molecule has 5 heterocycles. The van der Waals surface area contributed by atoms with Gasteiger partial charge in [0.15, 0.2) is 0 Å². The molecule has 0 bridgehead atoms. The maximum Gasteiger partial charge on any atom is 0.264 e. The summed E-state index contributed by atoms with van der Waals surface area (Å²) in [6, 6.07) is 10.3. The summed E-state index contributed by atoms with van der Waals surface area (Å²) in [5.74, 6) is 0.614. The van der Waals surface area contributed by atoms with Crippen LogP contribution in [0.4, 0.5) is 20.2 Å². The minimum atomic E-state index is -2.64. The second-order valence-electron chi connectivity index (χ2n) is 12.9. The van der Waals surface area contributed by atoms with Crippen LogP contribution in [0.25, 0.3) is 22.0 Å². The summed E-state index contributed by atoms with van der Waals surface area (Å²) >= 11 is 0. The number of methoxy groups -OCH3 is 1. The van der Waals surface area contributed by atoms with Gasteiger partial charge in [-0.05, 0) is 87.9 Å². The highest BCUT2D eigenvalue weighted by Crippen LogP contribution is 2.44. The number of aryl methyl sites for hydroxylation is 3. The molecular weight excluding hydrogens is 574 g/mol. The molecular formula is C35H42F2N6O2. The number of pyridine rings is 1. The number of piperidine rings is 2. The third kappa shape index (κ3) is 5.52. The number of aromatic nitrogens is 3. The van der Waals surface area contributed by atoms with Crippen LogP contribution in [0.5, 0.6) is 5.75 Å². The molecule has 10 heteroatoms. The second-order valence-corrected chi connectivity index (χ2v) is 12.9. The predicted molar refractivity (Wildman–Crippen MR) is 174 cm³/mol. The first-order valence-corrected chi connectivity index (χ1v) is 16.2. The molecule has 2 aromatic heterocycles. The molecule has 2 aromatic carbocycles. The fraction of sp³-hybridized carbons (Fsp3) is 0.486. The first-order valence-electron chi connectivity index (χ1n) is 16.2. The van der Waals surface area contributed by atoms with E-state index in [0.717, 1.165) is 85.3 Å². The number of alkyl halides is 2. The number of nitrogens with zero attached hydrogens (tertiary/aromatic N) is 5. The van der Waals surface area contributed by atoms with Crippen LogP contribution in [0.2, 0.25) is 0 Å². The van der Waals surface area contributed by atoms with Crippen molar-refractivity contribution in [1.29, 1.82) is 0 Å². The van der Waals surface area contributed by atoms with Gasteiger partial charge in [0.25, 0.3) is 12.0 Å². The van der Waals surface area contributed by atoms with Crippen molar-refractivity contribution in [1.82, 2.24) is 24.6 Å². The van der Waals surface area contributed by atoms with Gasteiger partial charge in [-0.25, -0.2) is 8.78 Å². The van der Waals surface area contributed by atoms with Crippen molar-refractivity contribution in [2.75, 3.05) is 44.7 Å². The van der Waals surface area contributed by atoms with Crippen LogP contribution in [-0.2, 0) is 13.5 Å². The van der Waals surface area contributed by atoms with E-state index in [9.17, 15) is 13.6 Å². The zero-order chi connectivity index (χ0) is 31.2. The van der Waals surface area contributed by atoms with Gasteiger partial charge in [-0.1, -0.05) is 0 Å². The molecule has 45 heavy (non-hydrogen) atoms. The number of nitrogens with one attached hydrogen (secondary N) is 1. The molecule has 0 radical (unpaired) electrons. The zero-order valence-corrected chi connectivity index (χ0v) is 26.4. The van der Waals surface area contributed by atoms with E-state index in [1.807, 2.05) is 35.1 Å². The van der Waals surface area contributed by atoms with E-state index in [-0.39, 0.29) is 17.2 Å². The Hall–Kier alpha value is -3.76. The van der Waals surface area contributed by atoms with E-state index in [1.54, 1.807) is 37.9 Å². The molecule has 0 atom stereocenters. The Morgan fingerprint density at radius 3 is 2.49 bits per heavy atom. The van der Waals surface area contributed by atoms with E-state index >= 15 is 0 Å². The first-order chi connectivity index (χ1) is 21.8. The highest BCUT2D eigenvalue weighted by molar-refractivity contribution is 5.96. The SMILES string of the molecule is COc1cc(N2CCCc3cc(-c4cnn(C5CCN(C6CCNCC6)CC5)c4)c(C(F)F)cc32)c2cc(C)c(=O)n(C)c2c1. The van der Waals surface area contributed by atoms with Gasteiger partial charge in [0.2, 0.25) is 0 Å². The van der Waals surface area contributed by atoms with Gasteiger partial charge in [0.1, 0.15) is 5.75 Å². The fourth-order valence-electron chi connectivity index (χ4n) is 7.71. The molecule has 238 valence electrons. The van der Waals surface area contributed by atoms with Crippen LogP contribution in [-0.4, -0.2) is 65.1 Å². The fourth-order valence-corrected chi connectivity index (χ4v) is 7.71. The Morgan fingerprint density at radius 2 is 1.76 bits per heavy atom. The van der Waals surface area contributed by atoms with E-state index < -0.39 is 6.43 Å². The summed E-state index contributed by atoms with van der Waals surface area (Å²) in [6.45, 7) is 6.76. The Kier molecular flexibility index (Phi) is 8.12. The topological polar surface area (TPSA) is 67.6 Å². The minimum Gasteiger partial charge on any atom is -0.497 e. The molecule has 0 aliphatic carbocycles. The predicted octanol–water partition coefficient (Wildman–Crippen LogP) is 6.13. The summed E-state index contributed by atoms with van der Waals surface area (Å²) in [7, 11) is 3.35. The lowest BCUT2D eigenvalue weighted by atomic mass is 9.92. The van der Waals surface area contributed by atoms with Gasteiger partial charge in [-0.2, -0.15) is 5.10 Å². The Morgan fingerprint density at radius 1 is 0.978 bits per heavy atom. The maximum atomic E-state index is 14.8. The van der Waals surface area contributed by atoms with E-state index in [0.29, 0.717) is 29.5 Å². The molecule has 1 N–H and O–H groups in total. The summed E-state index contributed by atoms with van der Waals surface area (Å²) in [5.41, 5.74) is 5.26. The van der Waals surface area contributed by atoms with Gasteiger partial charge in [0.05, 0.1) is 30.6 Å². The van der Waals surface area contributed by atoms with Gasteiger partial charge >= 0.3 is 0 Å². The van der Waals surface area contributed by atoms with E-state index in [2.05, 4.69) is 15.1 Å². The molecule has 0 unspecified atom stereocenters. The highest BCUT2D eigenvalue weighted by Gasteiger charge is 2.29. The van der Waals surface area contributed by atoms with Crippen molar-refractivity contribution in [3.8, 4) is 16.9 Å². The number of halogens is 2. The Balaban J connectivity index is 1.22. The largest absolute Gasteiger partial charge is 0.497 e. The molecule has 3 aliphatic heterocycles. The number of fused-ring (bicyclic) bond motifs is 2. The van der Waals surface area contributed by atoms with Crippen LogP contribution in [0, 0.1) is 6.92 Å². The second kappa shape index (κ2) is 12.2. The highest BCUT2D eigenvalue weighted by atomic mass is 19.3. The number of ether oxygens (including phenoxy) is 1. The Bertz CT molecular complexity index is 1770. The van der Waals surface area contributed by atoms with Gasteiger partial charge in [-0.15, -0.1) is 0 Å². The Labute approximate surface area is 262 Å². The smallest absolute Gasteiger partial charge is 0.264 e. The van der Waals surface area contributed by atoms with E-state index in [4.69, 9.17) is 9.84 Å². The minimum absolute atomic E-state index is 0.0108. The normalized spacial score (nSPS) is 18.6. The molecule has 0 amide bonds. The standard InChI is InChI=1S/C35H42F2N6O2/c1-22-15-30-32(40(2)35(22)44)17-27(45-3)18-33(30)42-12-4-5-23-16-28(29(34(36)37)19-31(23)42)24-20-39-43(21-24)26-8-13-41(14-9-26)25-6-10-38-11-7-25/h15-21,25-26,34,38H,4-14H2,1-3H3.